The fraction of sp³-hybridized carbons (Fsp3) is 0.647. The molecule has 0 aliphatic heterocycles. The van der Waals surface area contributed by atoms with E-state index in [1.165, 1.54) is 11.1 Å². The monoisotopic (exact) mass is 278 g/mol. The number of hydrogen-bond acceptors (Lipinski definition) is 3. The minimum absolute atomic E-state index is 0.134. The molecule has 1 atom stereocenters. The Kier molecular flexibility index (Phi) is 6.66. The molecule has 0 aliphatic rings. The van der Waals surface area contributed by atoms with Crippen molar-refractivity contribution in [2.75, 3.05) is 27.3 Å². The van der Waals surface area contributed by atoms with Crippen molar-refractivity contribution < 1.29 is 4.74 Å². The highest BCUT2D eigenvalue weighted by atomic mass is 16.5. The Bertz CT molecular complexity index is 398. The summed E-state index contributed by atoms with van der Waals surface area (Å²) in [6.07, 6.45) is 0. The van der Waals surface area contributed by atoms with Crippen LogP contribution in [0.1, 0.15) is 31.9 Å². The first-order chi connectivity index (χ1) is 9.33. The van der Waals surface area contributed by atoms with Crippen LogP contribution < -0.4 is 5.32 Å². The molecule has 0 heterocycles. The van der Waals surface area contributed by atoms with Gasteiger partial charge in [-0.25, -0.2) is 0 Å². The van der Waals surface area contributed by atoms with Gasteiger partial charge in [0.1, 0.15) is 0 Å². The molecule has 0 radical (unpaired) electrons. The van der Waals surface area contributed by atoms with Gasteiger partial charge in [-0.05, 0) is 45.9 Å². The van der Waals surface area contributed by atoms with Crippen molar-refractivity contribution in [1.29, 1.82) is 0 Å². The first kappa shape index (κ1) is 17.2. The number of likely N-dealkylation sites (N-methyl/N-ethyl adjacent to an activating group) is 1. The third-order valence-corrected chi connectivity index (χ3v) is 3.53. The molecule has 0 fully saturated rings. The maximum absolute atomic E-state index is 5.38. The highest BCUT2D eigenvalue weighted by Crippen LogP contribution is 2.12. The van der Waals surface area contributed by atoms with Gasteiger partial charge < -0.3 is 10.1 Å². The molecule has 0 spiro atoms. The van der Waals surface area contributed by atoms with E-state index in [2.05, 4.69) is 69.2 Å². The second-order valence-electron chi connectivity index (χ2n) is 6.58. The summed E-state index contributed by atoms with van der Waals surface area (Å²) in [6.45, 7) is 11.4. The van der Waals surface area contributed by atoms with Gasteiger partial charge in [0, 0.05) is 31.8 Å². The van der Waals surface area contributed by atoms with Gasteiger partial charge in [0.25, 0.3) is 0 Å². The molecule has 1 aromatic carbocycles. The van der Waals surface area contributed by atoms with Crippen LogP contribution >= 0.6 is 0 Å². The lowest BCUT2D eigenvalue weighted by molar-refractivity contribution is 0.0971. The number of methoxy groups -OCH3 is 1. The van der Waals surface area contributed by atoms with Crippen molar-refractivity contribution in [2.24, 2.45) is 0 Å². The van der Waals surface area contributed by atoms with Crippen molar-refractivity contribution in [3.05, 3.63) is 35.4 Å². The average molecular weight is 278 g/mol. The lowest BCUT2D eigenvalue weighted by Crippen LogP contribution is -2.48. The summed E-state index contributed by atoms with van der Waals surface area (Å²) < 4.78 is 5.38. The summed E-state index contributed by atoms with van der Waals surface area (Å²) >= 11 is 0. The number of nitrogens with one attached hydrogen (secondary N) is 1. The molecule has 3 heteroatoms. The molecule has 0 amide bonds. The van der Waals surface area contributed by atoms with Crippen molar-refractivity contribution in [2.45, 2.75) is 45.8 Å². The molecule has 20 heavy (non-hydrogen) atoms. The normalized spacial score (nSPS) is 13.8. The first-order valence-corrected chi connectivity index (χ1v) is 7.32. The van der Waals surface area contributed by atoms with E-state index in [9.17, 15) is 0 Å². The van der Waals surface area contributed by atoms with Gasteiger partial charge in [0.05, 0.1) is 6.61 Å². The largest absolute Gasteiger partial charge is 0.383 e. The van der Waals surface area contributed by atoms with Crippen LogP contribution in [0.25, 0.3) is 0 Å². The second kappa shape index (κ2) is 7.77. The minimum atomic E-state index is 0.134. The molecule has 0 bridgehead atoms. The fourth-order valence-corrected chi connectivity index (χ4v) is 2.14. The third kappa shape index (κ3) is 6.04. The zero-order valence-electron chi connectivity index (χ0n) is 13.9. The Morgan fingerprint density at radius 3 is 2.45 bits per heavy atom. The Balaban J connectivity index is 2.64. The van der Waals surface area contributed by atoms with E-state index in [1.54, 1.807) is 7.11 Å². The van der Waals surface area contributed by atoms with Crippen molar-refractivity contribution in [3.63, 3.8) is 0 Å². The molecular formula is C17H30N2O. The number of hydrogen-bond donors (Lipinski definition) is 1. The topological polar surface area (TPSA) is 24.5 Å². The van der Waals surface area contributed by atoms with Crippen LogP contribution in [0.2, 0.25) is 0 Å². The lowest BCUT2D eigenvalue weighted by Gasteiger charge is -2.31. The van der Waals surface area contributed by atoms with Crippen LogP contribution in [0.3, 0.4) is 0 Å². The van der Waals surface area contributed by atoms with E-state index in [-0.39, 0.29) is 5.54 Å². The quantitative estimate of drug-likeness (QED) is 0.830. The summed E-state index contributed by atoms with van der Waals surface area (Å²) in [5, 5.41) is 3.57. The smallest absolute Gasteiger partial charge is 0.0630 e. The maximum Gasteiger partial charge on any atom is 0.0630 e. The van der Waals surface area contributed by atoms with Crippen LogP contribution in [0.15, 0.2) is 24.3 Å². The van der Waals surface area contributed by atoms with Gasteiger partial charge in [0.2, 0.25) is 0 Å². The molecule has 0 aliphatic carbocycles. The Labute approximate surface area is 124 Å². The van der Waals surface area contributed by atoms with Gasteiger partial charge >= 0.3 is 0 Å². The van der Waals surface area contributed by atoms with E-state index in [4.69, 9.17) is 4.74 Å². The van der Waals surface area contributed by atoms with E-state index >= 15 is 0 Å². The Morgan fingerprint density at radius 2 is 1.90 bits per heavy atom. The fourth-order valence-electron chi connectivity index (χ4n) is 2.14. The molecule has 1 N–H and O–H groups in total. The summed E-state index contributed by atoms with van der Waals surface area (Å²) in [7, 11) is 3.94. The van der Waals surface area contributed by atoms with Crippen LogP contribution in [0, 0.1) is 6.92 Å². The highest BCUT2D eigenvalue weighted by Gasteiger charge is 2.18. The Morgan fingerprint density at radius 1 is 1.25 bits per heavy atom. The lowest BCUT2D eigenvalue weighted by atomic mass is 10.1. The highest BCUT2D eigenvalue weighted by molar-refractivity contribution is 5.25. The molecule has 1 aromatic rings. The van der Waals surface area contributed by atoms with Gasteiger partial charge in [-0.2, -0.15) is 0 Å². The predicted molar refractivity (Wildman–Crippen MR) is 86.1 cm³/mol. The molecule has 1 unspecified atom stereocenters. The number of nitrogens with zero attached hydrogens (tertiary/aromatic N) is 1. The van der Waals surface area contributed by atoms with Gasteiger partial charge in [0.15, 0.2) is 0 Å². The summed E-state index contributed by atoms with van der Waals surface area (Å²) in [4.78, 5) is 2.37. The summed E-state index contributed by atoms with van der Waals surface area (Å²) in [5.41, 5.74) is 2.86. The molecule has 0 aromatic heterocycles. The van der Waals surface area contributed by atoms with Crippen LogP contribution in [-0.4, -0.2) is 43.8 Å². The van der Waals surface area contributed by atoms with Crippen LogP contribution in [0.4, 0.5) is 0 Å². The maximum atomic E-state index is 5.38. The number of ether oxygens (including phenoxy) is 1. The average Bonchev–Trinajstić information content (AvgIpc) is 2.36. The molecule has 1 rings (SSSR count). The van der Waals surface area contributed by atoms with Gasteiger partial charge in [-0.15, -0.1) is 0 Å². The van der Waals surface area contributed by atoms with Crippen molar-refractivity contribution >= 4 is 0 Å². The Hall–Kier alpha value is -0.900. The molecular weight excluding hydrogens is 248 g/mol. The zero-order chi connectivity index (χ0) is 15.2. The number of benzene rings is 1. The van der Waals surface area contributed by atoms with Crippen molar-refractivity contribution in [1.82, 2.24) is 10.2 Å². The van der Waals surface area contributed by atoms with Crippen LogP contribution in [-0.2, 0) is 11.3 Å². The molecule has 0 saturated heterocycles. The van der Waals surface area contributed by atoms with Crippen molar-refractivity contribution in [3.8, 4) is 0 Å². The van der Waals surface area contributed by atoms with E-state index in [0.29, 0.717) is 6.04 Å². The molecule has 114 valence electrons. The number of aryl methyl sites for hydroxylation is 1. The standard InChI is InChI=1S/C17H30N2O/c1-14-9-7-8-10-15(14)12-19(5)16(13-20-6)11-18-17(2,3)4/h7-10,16,18H,11-13H2,1-6H3. The zero-order valence-corrected chi connectivity index (χ0v) is 13.9. The number of rotatable bonds is 7. The van der Waals surface area contributed by atoms with E-state index in [1.807, 2.05) is 0 Å². The molecule has 0 saturated carbocycles. The summed E-state index contributed by atoms with van der Waals surface area (Å²) in [5.74, 6) is 0. The first-order valence-electron chi connectivity index (χ1n) is 7.32. The van der Waals surface area contributed by atoms with E-state index < -0.39 is 0 Å². The van der Waals surface area contributed by atoms with Gasteiger partial charge in [-0.1, -0.05) is 24.3 Å². The predicted octanol–water partition coefficient (Wildman–Crippen LogP) is 2.83. The summed E-state index contributed by atoms with van der Waals surface area (Å²) in [6, 6.07) is 8.94. The second-order valence-corrected chi connectivity index (χ2v) is 6.58. The van der Waals surface area contributed by atoms with Gasteiger partial charge in [-0.3, -0.25) is 4.90 Å². The minimum Gasteiger partial charge on any atom is -0.383 e. The SMILES string of the molecule is COCC(CNC(C)(C)C)N(C)Cc1ccccc1C. The van der Waals surface area contributed by atoms with E-state index in [0.717, 1.165) is 19.7 Å². The third-order valence-electron chi connectivity index (χ3n) is 3.53. The molecule has 3 nitrogen and oxygen atoms in total. The van der Waals surface area contributed by atoms with Crippen LogP contribution in [0.5, 0.6) is 0 Å².